The van der Waals surface area contributed by atoms with Crippen LogP contribution in [-0.2, 0) is 6.54 Å². The van der Waals surface area contributed by atoms with Crippen molar-refractivity contribution in [3.63, 3.8) is 0 Å². The van der Waals surface area contributed by atoms with Crippen molar-refractivity contribution in [1.82, 2.24) is 9.97 Å². The van der Waals surface area contributed by atoms with E-state index in [0.717, 1.165) is 0 Å². The highest BCUT2D eigenvalue weighted by Crippen LogP contribution is 2.12. The zero-order valence-electron chi connectivity index (χ0n) is 11.6. The van der Waals surface area contributed by atoms with E-state index in [4.69, 9.17) is 4.74 Å². The van der Waals surface area contributed by atoms with Gasteiger partial charge in [0.25, 0.3) is 0 Å². The smallest absolute Gasteiger partial charge is 0.226 e. The Morgan fingerprint density at radius 2 is 2.00 bits per heavy atom. The van der Waals surface area contributed by atoms with E-state index in [9.17, 15) is 0 Å². The Bertz CT molecular complexity index is 540. The number of anilines is 1. The van der Waals surface area contributed by atoms with Crippen LogP contribution in [0.4, 0.5) is 5.95 Å². The predicted octanol–water partition coefficient (Wildman–Crippen LogP) is 3.18. The van der Waals surface area contributed by atoms with E-state index >= 15 is 0 Å². The maximum absolute atomic E-state index is 5.54. The van der Waals surface area contributed by atoms with Crippen molar-refractivity contribution in [2.45, 2.75) is 33.4 Å². The number of nitrogens with one attached hydrogen (secondary N) is 1. The van der Waals surface area contributed by atoms with Crippen LogP contribution < -0.4 is 10.1 Å². The van der Waals surface area contributed by atoms with Crippen molar-refractivity contribution < 1.29 is 4.74 Å². The number of nitrogens with zero attached hydrogens (tertiary/aromatic N) is 2. The minimum absolute atomic E-state index is 0.110. The maximum atomic E-state index is 5.54. The number of hydrogen-bond acceptors (Lipinski definition) is 4. The fourth-order valence-electron chi connectivity index (χ4n) is 1.72. The Balaban J connectivity index is 2.02. The molecule has 0 aliphatic carbocycles. The Morgan fingerprint density at radius 1 is 1.21 bits per heavy atom. The summed E-state index contributed by atoms with van der Waals surface area (Å²) in [6.45, 7) is 6.75. The summed E-state index contributed by atoms with van der Waals surface area (Å²) in [6.07, 6.45) is 1.81. The second-order valence-corrected chi connectivity index (χ2v) is 4.67. The Kier molecular flexibility index (Phi) is 4.34. The van der Waals surface area contributed by atoms with Crippen LogP contribution >= 0.6 is 0 Å². The van der Waals surface area contributed by atoms with Crippen molar-refractivity contribution >= 4 is 5.95 Å². The van der Waals surface area contributed by atoms with E-state index in [1.54, 1.807) is 12.3 Å². The van der Waals surface area contributed by atoms with E-state index in [1.165, 1.54) is 11.1 Å². The molecule has 1 heterocycles. The highest BCUT2D eigenvalue weighted by atomic mass is 16.5. The molecule has 0 bridgehead atoms. The molecule has 1 N–H and O–H groups in total. The molecule has 4 heteroatoms. The third-order valence-electron chi connectivity index (χ3n) is 2.68. The number of rotatable bonds is 5. The highest BCUT2D eigenvalue weighted by Gasteiger charge is 2.03. The molecule has 1 aromatic heterocycles. The zero-order chi connectivity index (χ0) is 13.7. The Hall–Kier alpha value is -2.10. The van der Waals surface area contributed by atoms with Gasteiger partial charge in [-0.25, -0.2) is 4.98 Å². The Morgan fingerprint density at radius 3 is 2.74 bits per heavy atom. The van der Waals surface area contributed by atoms with Crippen LogP contribution in [0.1, 0.15) is 25.0 Å². The molecule has 0 spiro atoms. The maximum Gasteiger partial charge on any atom is 0.226 e. The minimum atomic E-state index is 0.110. The van der Waals surface area contributed by atoms with Gasteiger partial charge in [-0.2, -0.15) is 4.98 Å². The molecule has 0 aliphatic heterocycles. The lowest BCUT2D eigenvalue weighted by Crippen LogP contribution is -2.09. The molecule has 0 atom stereocenters. The van der Waals surface area contributed by atoms with Gasteiger partial charge in [0.15, 0.2) is 0 Å². The molecule has 0 radical (unpaired) electrons. The quantitative estimate of drug-likeness (QED) is 0.893. The van der Waals surface area contributed by atoms with Gasteiger partial charge >= 0.3 is 0 Å². The molecule has 4 nitrogen and oxygen atoms in total. The lowest BCUT2D eigenvalue weighted by Gasteiger charge is -2.10. The van der Waals surface area contributed by atoms with Crippen molar-refractivity contribution in [3.05, 3.63) is 47.7 Å². The van der Waals surface area contributed by atoms with Gasteiger partial charge in [-0.15, -0.1) is 0 Å². The summed E-state index contributed by atoms with van der Waals surface area (Å²) in [4.78, 5) is 8.50. The van der Waals surface area contributed by atoms with E-state index in [0.29, 0.717) is 18.4 Å². The van der Waals surface area contributed by atoms with Crippen LogP contribution in [0.5, 0.6) is 5.88 Å². The summed E-state index contributed by atoms with van der Waals surface area (Å²) < 4.78 is 5.54. The molecule has 0 fully saturated rings. The third-order valence-corrected chi connectivity index (χ3v) is 2.68. The van der Waals surface area contributed by atoms with Crippen molar-refractivity contribution in [2.75, 3.05) is 5.32 Å². The molecule has 19 heavy (non-hydrogen) atoms. The van der Waals surface area contributed by atoms with Crippen molar-refractivity contribution in [3.8, 4) is 5.88 Å². The van der Waals surface area contributed by atoms with Gasteiger partial charge in [-0.3, -0.25) is 0 Å². The summed E-state index contributed by atoms with van der Waals surface area (Å²) in [5.41, 5.74) is 2.49. The van der Waals surface area contributed by atoms with Gasteiger partial charge < -0.3 is 10.1 Å². The first-order chi connectivity index (χ1) is 9.15. The summed E-state index contributed by atoms with van der Waals surface area (Å²) in [5.74, 6) is 1.18. The average Bonchev–Trinajstić information content (AvgIpc) is 2.37. The second kappa shape index (κ2) is 6.18. The first-order valence-corrected chi connectivity index (χ1v) is 6.43. The van der Waals surface area contributed by atoms with Gasteiger partial charge in [0.05, 0.1) is 6.10 Å². The molecule has 0 unspecified atom stereocenters. The fraction of sp³-hybridized carbons (Fsp3) is 0.333. The minimum Gasteiger partial charge on any atom is -0.475 e. The van der Waals surface area contributed by atoms with E-state index < -0.39 is 0 Å². The van der Waals surface area contributed by atoms with Crippen LogP contribution in [0.15, 0.2) is 36.5 Å². The topological polar surface area (TPSA) is 47.0 Å². The van der Waals surface area contributed by atoms with Crippen LogP contribution in [0.3, 0.4) is 0 Å². The van der Waals surface area contributed by atoms with Crippen molar-refractivity contribution in [2.24, 2.45) is 0 Å². The average molecular weight is 257 g/mol. The summed E-state index contributed by atoms with van der Waals surface area (Å²) in [5, 5.41) is 3.21. The normalized spacial score (nSPS) is 10.5. The molecule has 0 aliphatic rings. The van der Waals surface area contributed by atoms with Crippen LogP contribution in [0.25, 0.3) is 0 Å². The second-order valence-electron chi connectivity index (χ2n) is 4.67. The molecule has 0 amide bonds. The molecule has 2 aromatic rings. The van der Waals surface area contributed by atoms with Gasteiger partial charge in [0, 0.05) is 18.8 Å². The van der Waals surface area contributed by atoms with E-state index in [2.05, 4.69) is 34.3 Å². The third kappa shape index (κ3) is 3.95. The lowest BCUT2D eigenvalue weighted by atomic mass is 10.1. The molecule has 100 valence electrons. The molecule has 0 saturated carbocycles. The standard InChI is InChI=1S/C15H19N3O/c1-11(2)19-14-8-9-16-15(18-14)17-10-13-7-5-4-6-12(13)3/h4-9,11H,10H2,1-3H3,(H,16,17,18). The monoisotopic (exact) mass is 257 g/mol. The van der Waals surface area contributed by atoms with Crippen LogP contribution in [0.2, 0.25) is 0 Å². The molecule has 1 aromatic carbocycles. The number of hydrogen-bond donors (Lipinski definition) is 1. The van der Waals surface area contributed by atoms with Crippen molar-refractivity contribution in [1.29, 1.82) is 0 Å². The van der Waals surface area contributed by atoms with E-state index in [1.807, 2.05) is 26.0 Å². The van der Waals surface area contributed by atoms with Gasteiger partial charge in [-0.05, 0) is 31.9 Å². The number of benzene rings is 1. The fourth-order valence-corrected chi connectivity index (χ4v) is 1.72. The zero-order valence-corrected chi connectivity index (χ0v) is 11.6. The number of aromatic nitrogens is 2. The molecule has 2 rings (SSSR count). The summed E-state index contributed by atoms with van der Waals surface area (Å²) >= 11 is 0. The number of aryl methyl sites for hydroxylation is 1. The molecular formula is C15H19N3O. The summed E-state index contributed by atoms with van der Waals surface area (Å²) in [6, 6.07) is 10.0. The van der Waals surface area contributed by atoms with E-state index in [-0.39, 0.29) is 6.10 Å². The first kappa shape index (κ1) is 13.3. The predicted molar refractivity (Wildman–Crippen MR) is 76.3 cm³/mol. The first-order valence-electron chi connectivity index (χ1n) is 6.43. The van der Waals surface area contributed by atoms with Gasteiger partial charge in [0.1, 0.15) is 0 Å². The molecular weight excluding hydrogens is 238 g/mol. The highest BCUT2D eigenvalue weighted by molar-refractivity contribution is 5.32. The van der Waals surface area contributed by atoms with Crippen LogP contribution in [0, 0.1) is 6.92 Å². The van der Waals surface area contributed by atoms with Crippen LogP contribution in [-0.4, -0.2) is 16.1 Å². The SMILES string of the molecule is Cc1ccccc1CNc1nccc(OC(C)C)n1. The Labute approximate surface area is 113 Å². The van der Waals surface area contributed by atoms with Gasteiger partial charge in [0.2, 0.25) is 11.8 Å². The lowest BCUT2D eigenvalue weighted by molar-refractivity contribution is 0.232. The largest absolute Gasteiger partial charge is 0.475 e. The van der Waals surface area contributed by atoms with Gasteiger partial charge in [-0.1, -0.05) is 24.3 Å². The summed E-state index contributed by atoms with van der Waals surface area (Å²) in [7, 11) is 0. The molecule has 0 saturated heterocycles. The number of ether oxygens (including phenoxy) is 1.